The summed E-state index contributed by atoms with van der Waals surface area (Å²) < 4.78 is 25.4. The van der Waals surface area contributed by atoms with E-state index in [1.165, 1.54) is 12.1 Å². The zero-order valence-corrected chi connectivity index (χ0v) is 9.76. The van der Waals surface area contributed by atoms with Crippen molar-refractivity contribution in [1.82, 2.24) is 0 Å². The van der Waals surface area contributed by atoms with Crippen molar-refractivity contribution in [3.8, 4) is 0 Å². The molecule has 1 radical (unpaired) electrons. The van der Waals surface area contributed by atoms with E-state index in [1.807, 2.05) is 19.9 Å². The van der Waals surface area contributed by atoms with Gasteiger partial charge in [0.2, 0.25) is 0 Å². The Balaban J connectivity index is 0.00000169. The minimum Gasteiger partial charge on any atom is -0.382 e. The number of anilines is 1. The predicted molar refractivity (Wildman–Crippen MR) is 48.5 cm³/mol. The Morgan fingerprint density at radius 2 is 2.00 bits per heavy atom. The van der Waals surface area contributed by atoms with E-state index in [0.717, 1.165) is 0 Å². The molecule has 0 unspecified atom stereocenters. The fraction of sp³-hybridized carbons (Fsp3) is 0.400. The van der Waals surface area contributed by atoms with Gasteiger partial charge in [0, 0.05) is 28.3 Å². The molecule has 0 amide bonds. The van der Waals surface area contributed by atoms with Crippen molar-refractivity contribution in [2.45, 2.75) is 13.8 Å². The number of nitrogens with one attached hydrogen (secondary N) is 1. The minimum atomic E-state index is -0.674. The van der Waals surface area contributed by atoms with Gasteiger partial charge in [-0.1, -0.05) is 13.8 Å². The van der Waals surface area contributed by atoms with Gasteiger partial charge in [-0.2, -0.15) is 0 Å². The molecule has 0 aliphatic heterocycles. The van der Waals surface area contributed by atoms with Crippen LogP contribution in [0.4, 0.5) is 14.5 Å². The molecule has 0 atom stereocenters. The molecule has 0 bridgehead atoms. The number of rotatable bonds is 3. The monoisotopic (exact) mass is 232 g/mol. The summed E-state index contributed by atoms with van der Waals surface area (Å²) in [5.74, 6) is -0.919. The Hall–Kier alpha value is -0.406. The van der Waals surface area contributed by atoms with Gasteiger partial charge in [-0.25, -0.2) is 8.78 Å². The van der Waals surface area contributed by atoms with E-state index in [0.29, 0.717) is 18.2 Å². The predicted octanol–water partition coefficient (Wildman–Crippen LogP) is 2.83. The zero-order chi connectivity index (χ0) is 9.84. The first-order chi connectivity index (χ1) is 6.09. The molecule has 75 valence electrons. The van der Waals surface area contributed by atoms with E-state index >= 15 is 0 Å². The van der Waals surface area contributed by atoms with Gasteiger partial charge in [0.05, 0.1) is 11.8 Å². The molecule has 0 spiro atoms. The summed E-state index contributed by atoms with van der Waals surface area (Å²) in [7, 11) is 0. The summed E-state index contributed by atoms with van der Waals surface area (Å²) in [4.78, 5) is 0. The summed E-state index contributed by atoms with van der Waals surface area (Å²) in [5, 5.41) is 2.87. The second-order valence-electron chi connectivity index (χ2n) is 3.31. The number of benzene rings is 1. The van der Waals surface area contributed by atoms with Gasteiger partial charge in [-0.05, 0) is 18.1 Å². The summed E-state index contributed by atoms with van der Waals surface area (Å²) in [6.07, 6.45) is 0. The molecule has 1 aromatic carbocycles. The van der Waals surface area contributed by atoms with Crippen LogP contribution in [0.5, 0.6) is 0 Å². The van der Waals surface area contributed by atoms with Gasteiger partial charge in [0.25, 0.3) is 0 Å². The fourth-order valence-corrected chi connectivity index (χ4v) is 0.894. The molecule has 1 rings (SSSR count). The second-order valence-corrected chi connectivity index (χ2v) is 3.31. The first-order valence-electron chi connectivity index (χ1n) is 4.21. The van der Waals surface area contributed by atoms with Crippen LogP contribution in [-0.4, -0.2) is 6.54 Å². The topological polar surface area (TPSA) is 12.0 Å². The van der Waals surface area contributed by atoms with E-state index in [-0.39, 0.29) is 21.7 Å². The SMILES string of the molecule is CC(C)CNc1ccc(F)[c]c1F.[Ti]. The summed E-state index contributed by atoms with van der Waals surface area (Å²) >= 11 is 0. The maximum absolute atomic E-state index is 12.9. The maximum Gasteiger partial charge on any atom is 0.157 e. The van der Waals surface area contributed by atoms with Crippen LogP contribution in [0.2, 0.25) is 0 Å². The van der Waals surface area contributed by atoms with Crippen molar-refractivity contribution < 1.29 is 30.5 Å². The van der Waals surface area contributed by atoms with E-state index in [1.54, 1.807) is 0 Å². The van der Waals surface area contributed by atoms with Crippen LogP contribution >= 0.6 is 0 Å². The van der Waals surface area contributed by atoms with E-state index < -0.39 is 11.6 Å². The van der Waals surface area contributed by atoms with Crippen LogP contribution in [0.3, 0.4) is 0 Å². The molecule has 1 N–H and O–H groups in total. The summed E-state index contributed by atoms with van der Waals surface area (Å²) in [5.41, 5.74) is 0.301. The molecular weight excluding hydrogens is 220 g/mol. The van der Waals surface area contributed by atoms with E-state index in [4.69, 9.17) is 0 Å². The zero-order valence-electron chi connectivity index (χ0n) is 8.20. The van der Waals surface area contributed by atoms with Crippen molar-refractivity contribution >= 4 is 5.69 Å². The smallest absolute Gasteiger partial charge is 0.157 e. The molecule has 4 heteroatoms. The third-order valence-electron chi connectivity index (χ3n) is 1.56. The van der Waals surface area contributed by atoms with Crippen molar-refractivity contribution in [1.29, 1.82) is 0 Å². The third-order valence-corrected chi connectivity index (χ3v) is 1.56. The normalized spacial score (nSPS) is 9.79. The molecule has 0 saturated heterocycles. The Kier molecular flexibility index (Phi) is 5.97. The Morgan fingerprint density at radius 3 is 2.50 bits per heavy atom. The van der Waals surface area contributed by atoms with Gasteiger partial charge in [-0.3, -0.25) is 0 Å². The molecule has 14 heavy (non-hydrogen) atoms. The average Bonchev–Trinajstić information content (AvgIpc) is 2.02. The quantitative estimate of drug-likeness (QED) is 0.790. The van der Waals surface area contributed by atoms with Crippen molar-refractivity contribution in [3.63, 3.8) is 0 Å². The summed E-state index contributed by atoms with van der Waals surface area (Å²) in [6.45, 7) is 4.69. The molecule has 0 fully saturated rings. The standard InChI is InChI=1S/C10H12F2N.Ti/c1-7(2)6-13-10-4-3-8(11)5-9(10)12;/h3-4,7,13H,6H2,1-2H3;. The first kappa shape index (κ1) is 13.6. The Morgan fingerprint density at radius 1 is 1.36 bits per heavy atom. The van der Waals surface area contributed by atoms with Crippen molar-refractivity contribution in [2.24, 2.45) is 5.92 Å². The number of hydrogen-bond acceptors (Lipinski definition) is 1. The molecule has 1 nitrogen and oxygen atoms in total. The molecule has 0 aliphatic carbocycles. The minimum absolute atomic E-state index is 0. The maximum atomic E-state index is 12.9. The summed E-state index contributed by atoms with van der Waals surface area (Å²) in [6, 6.07) is 4.53. The van der Waals surface area contributed by atoms with E-state index in [9.17, 15) is 8.78 Å². The molecule has 0 aromatic heterocycles. The third kappa shape index (κ3) is 4.20. The van der Waals surface area contributed by atoms with Crippen LogP contribution < -0.4 is 5.32 Å². The van der Waals surface area contributed by atoms with Crippen LogP contribution in [0.15, 0.2) is 12.1 Å². The van der Waals surface area contributed by atoms with Crippen LogP contribution in [0.1, 0.15) is 13.8 Å². The largest absolute Gasteiger partial charge is 0.382 e. The van der Waals surface area contributed by atoms with E-state index in [2.05, 4.69) is 5.32 Å². The van der Waals surface area contributed by atoms with Crippen molar-refractivity contribution in [3.05, 3.63) is 29.8 Å². The first-order valence-corrected chi connectivity index (χ1v) is 4.21. The molecule has 0 aliphatic rings. The number of halogens is 2. The average molecular weight is 232 g/mol. The molecule has 1 aromatic rings. The van der Waals surface area contributed by atoms with Gasteiger partial charge < -0.3 is 5.32 Å². The van der Waals surface area contributed by atoms with Crippen molar-refractivity contribution in [2.75, 3.05) is 11.9 Å². The molecular formula is C10H12F2NTi. The van der Waals surface area contributed by atoms with Gasteiger partial charge in [0.1, 0.15) is 5.82 Å². The fourth-order valence-electron chi connectivity index (χ4n) is 0.894. The molecule has 0 heterocycles. The van der Waals surface area contributed by atoms with Gasteiger partial charge in [-0.15, -0.1) is 0 Å². The van der Waals surface area contributed by atoms with Gasteiger partial charge >= 0.3 is 0 Å². The van der Waals surface area contributed by atoms with Crippen LogP contribution in [-0.2, 0) is 21.7 Å². The Bertz CT molecular complexity index is 289. The Labute approximate surface area is 97.8 Å². The molecule has 0 saturated carbocycles. The van der Waals surface area contributed by atoms with Gasteiger partial charge in [0.15, 0.2) is 5.82 Å². The number of hydrogen-bond donors (Lipinski definition) is 1. The van der Waals surface area contributed by atoms with Crippen LogP contribution in [0, 0.1) is 23.6 Å². The second kappa shape index (κ2) is 6.15. The van der Waals surface area contributed by atoms with Crippen LogP contribution in [0.25, 0.3) is 0 Å².